The van der Waals surface area contributed by atoms with Gasteiger partial charge in [0.25, 0.3) is 10.0 Å². The van der Waals surface area contributed by atoms with E-state index in [0.717, 1.165) is 36.8 Å². The molecule has 2 aliphatic rings. The molecule has 5 rings (SSSR count). The maximum Gasteiger partial charge on any atom is 0.264 e. The summed E-state index contributed by atoms with van der Waals surface area (Å²) < 4.78 is 45.8. The molecule has 3 aromatic rings. The molecular weight excluding hydrogens is 606 g/mol. The van der Waals surface area contributed by atoms with Crippen molar-refractivity contribution >= 4 is 21.8 Å². The molecule has 0 radical (unpaired) electrons. The van der Waals surface area contributed by atoms with E-state index in [4.69, 9.17) is 14.2 Å². The number of ether oxygens (including phenoxy) is 3. The van der Waals surface area contributed by atoms with Crippen molar-refractivity contribution in [2.45, 2.75) is 56.4 Å². The monoisotopic (exact) mass is 649 g/mol. The zero-order valence-electron chi connectivity index (χ0n) is 26.7. The van der Waals surface area contributed by atoms with Crippen molar-refractivity contribution in [1.29, 1.82) is 0 Å². The standard InChI is InChI=1S/C35H43N3O7S/c1-4-6-19-37(20-7-5-2)32(39)23-38-22-29(26-15-18-30-31(21-26)45-24-44-30)33(34(38)25-13-16-27(43-3)17-14-25)35(40)36-46(41,42)28-11-9-8-10-12-28/h8-18,21,29,33-34H,4-7,19-20,22-24H2,1-3H3,(H,36,40)/t29-,33+,34-/m1/s1. The van der Waals surface area contributed by atoms with Gasteiger partial charge in [-0.05, 0) is 60.4 Å². The quantitative estimate of drug-likeness (QED) is 0.256. The predicted molar refractivity (Wildman–Crippen MR) is 174 cm³/mol. The molecule has 0 bridgehead atoms. The minimum atomic E-state index is -4.16. The lowest BCUT2D eigenvalue weighted by Gasteiger charge is -2.31. The van der Waals surface area contributed by atoms with Gasteiger partial charge in [0.15, 0.2) is 11.5 Å². The topological polar surface area (TPSA) is 114 Å². The van der Waals surface area contributed by atoms with E-state index in [1.807, 2.05) is 46.2 Å². The number of hydrogen-bond donors (Lipinski definition) is 1. The van der Waals surface area contributed by atoms with Gasteiger partial charge in [-0.3, -0.25) is 14.5 Å². The lowest BCUT2D eigenvalue weighted by atomic mass is 9.82. The van der Waals surface area contributed by atoms with Crippen molar-refractivity contribution in [3.8, 4) is 17.2 Å². The molecule has 0 saturated carbocycles. The highest BCUT2D eigenvalue weighted by Crippen LogP contribution is 2.48. The van der Waals surface area contributed by atoms with Gasteiger partial charge in [-0.25, -0.2) is 13.1 Å². The molecule has 3 aromatic carbocycles. The smallest absolute Gasteiger partial charge is 0.264 e. The van der Waals surface area contributed by atoms with Crippen LogP contribution in [0, 0.1) is 5.92 Å². The molecule has 0 aliphatic carbocycles. The van der Waals surface area contributed by atoms with Gasteiger partial charge in [-0.15, -0.1) is 0 Å². The molecule has 1 fully saturated rings. The largest absolute Gasteiger partial charge is 0.497 e. The lowest BCUT2D eigenvalue weighted by Crippen LogP contribution is -2.43. The Labute approximate surface area is 271 Å². The number of unbranched alkanes of at least 4 members (excludes halogenated alkanes) is 2. The number of benzene rings is 3. The SMILES string of the molecule is CCCCN(CCCC)C(=O)CN1C[C@H](c2ccc3c(c2)OCO3)[C@H](C(=O)NS(=O)(=O)c2ccccc2)[C@H]1c1ccc(OC)cc1. The molecule has 11 heteroatoms. The number of carbonyl (C=O) groups is 2. The van der Waals surface area contributed by atoms with Crippen LogP contribution in [0.25, 0.3) is 0 Å². The Balaban J connectivity index is 1.56. The summed E-state index contributed by atoms with van der Waals surface area (Å²) in [5, 5.41) is 0. The van der Waals surface area contributed by atoms with Crippen LogP contribution in [0.4, 0.5) is 0 Å². The second-order valence-electron chi connectivity index (χ2n) is 11.8. The van der Waals surface area contributed by atoms with Gasteiger partial charge in [-0.2, -0.15) is 0 Å². The van der Waals surface area contributed by atoms with Crippen LogP contribution in [0.5, 0.6) is 17.2 Å². The first-order valence-electron chi connectivity index (χ1n) is 15.9. The number of amides is 2. The summed E-state index contributed by atoms with van der Waals surface area (Å²) in [7, 11) is -2.58. The fraction of sp³-hybridized carbons (Fsp3) is 0.429. The highest BCUT2D eigenvalue weighted by Gasteiger charge is 2.49. The van der Waals surface area contributed by atoms with Crippen molar-refractivity contribution in [2.24, 2.45) is 5.92 Å². The zero-order chi connectivity index (χ0) is 32.7. The van der Waals surface area contributed by atoms with E-state index in [1.165, 1.54) is 12.1 Å². The fourth-order valence-corrected chi connectivity index (χ4v) is 7.32. The fourth-order valence-electron chi connectivity index (χ4n) is 6.28. The van der Waals surface area contributed by atoms with Crippen LogP contribution in [0.15, 0.2) is 77.7 Å². The highest BCUT2D eigenvalue weighted by molar-refractivity contribution is 7.90. The van der Waals surface area contributed by atoms with Crippen molar-refractivity contribution in [2.75, 3.05) is 40.1 Å². The van der Waals surface area contributed by atoms with E-state index in [2.05, 4.69) is 18.6 Å². The first-order valence-corrected chi connectivity index (χ1v) is 17.4. The Morgan fingerprint density at radius 1 is 0.913 bits per heavy atom. The number of fused-ring (bicyclic) bond motifs is 1. The minimum Gasteiger partial charge on any atom is -0.497 e. The van der Waals surface area contributed by atoms with Crippen molar-refractivity contribution in [1.82, 2.24) is 14.5 Å². The van der Waals surface area contributed by atoms with Crippen molar-refractivity contribution in [3.05, 3.63) is 83.9 Å². The normalized spacial score (nSPS) is 19.2. The van der Waals surface area contributed by atoms with Gasteiger partial charge in [-0.1, -0.05) is 63.1 Å². The Bertz CT molecular complexity index is 1590. The third-order valence-electron chi connectivity index (χ3n) is 8.73. The van der Waals surface area contributed by atoms with E-state index >= 15 is 0 Å². The van der Waals surface area contributed by atoms with Crippen LogP contribution in [-0.4, -0.2) is 70.1 Å². The summed E-state index contributed by atoms with van der Waals surface area (Å²) in [6.45, 7) is 6.07. The van der Waals surface area contributed by atoms with E-state index < -0.39 is 33.8 Å². The molecular formula is C35H43N3O7S. The summed E-state index contributed by atoms with van der Waals surface area (Å²) in [5.41, 5.74) is 1.58. The molecule has 10 nitrogen and oxygen atoms in total. The maximum absolute atomic E-state index is 14.3. The second kappa shape index (κ2) is 15.0. The first-order chi connectivity index (χ1) is 22.2. The van der Waals surface area contributed by atoms with E-state index in [1.54, 1.807) is 31.4 Å². The molecule has 3 atom stereocenters. The van der Waals surface area contributed by atoms with Gasteiger partial charge < -0.3 is 19.1 Å². The number of nitrogens with zero attached hydrogens (tertiary/aromatic N) is 2. The molecule has 2 heterocycles. The van der Waals surface area contributed by atoms with Crippen LogP contribution < -0.4 is 18.9 Å². The summed E-state index contributed by atoms with van der Waals surface area (Å²) in [4.78, 5) is 32.2. The Morgan fingerprint density at radius 3 is 2.22 bits per heavy atom. The van der Waals surface area contributed by atoms with Gasteiger partial charge in [0.05, 0.1) is 24.5 Å². The van der Waals surface area contributed by atoms with Gasteiger partial charge in [0.2, 0.25) is 18.6 Å². The average Bonchev–Trinajstić information content (AvgIpc) is 3.69. The van der Waals surface area contributed by atoms with Crippen LogP contribution in [0.1, 0.15) is 62.6 Å². The summed E-state index contributed by atoms with van der Waals surface area (Å²) in [6.07, 6.45) is 3.75. The highest BCUT2D eigenvalue weighted by atomic mass is 32.2. The second-order valence-corrected chi connectivity index (χ2v) is 13.4. The Kier molecular flexibility index (Phi) is 10.9. The number of likely N-dealkylation sites (tertiary alicyclic amines) is 1. The number of nitrogens with one attached hydrogen (secondary N) is 1. The van der Waals surface area contributed by atoms with Gasteiger partial charge >= 0.3 is 0 Å². The van der Waals surface area contributed by atoms with Gasteiger partial charge in [0.1, 0.15) is 5.75 Å². The van der Waals surface area contributed by atoms with Crippen molar-refractivity contribution < 1.29 is 32.2 Å². The number of sulfonamides is 1. The van der Waals surface area contributed by atoms with E-state index in [-0.39, 0.29) is 24.1 Å². The summed E-state index contributed by atoms with van der Waals surface area (Å²) >= 11 is 0. The maximum atomic E-state index is 14.3. The molecule has 0 spiro atoms. The zero-order valence-corrected chi connectivity index (χ0v) is 27.5. The Hall–Kier alpha value is -4.09. The van der Waals surface area contributed by atoms with E-state index in [9.17, 15) is 18.0 Å². The lowest BCUT2D eigenvalue weighted by molar-refractivity contribution is -0.133. The first kappa shape index (κ1) is 33.3. The van der Waals surface area contributed by atoms with Crippen LogP contribution >= 0.6 is 0 Å². The molecule has 2 amide bonds. The number of hydrogen-bond acceptors (Lipinski definition) is 8. The van der Waals surface area contributed by atoms with E-state index in [0.29, 0.717) is 36.9 Å². The molecule has 246 valence electrons. The summed E-state index contributed by atoms with van der Waals surface area (Å²) in [6, 6.07) is 20.2. The van der Waals surface area contributed by atoms with Gasteiger partial charge in [0, 0.05) is 31.6 Å². The van der Waals surface area contributed by atoms with Crippen molar-refractivity contribution in [3.63, 3.8) is 0 Å². The van der Waals surface area contributed by atoms with Crippen LogP contribution in [0.3, 0.4) is 0 Å². The summed E-state index contributed by atoms with van der Waals surface area (Å²) in [5.74, 6) is -0.154. The third-order valence-corrected chi connectivity index (χ3v) is 10.1. The molecule has 0 unspecified atom stereocenters. The predicted octanol–water partition coefficient (Wildman–Crippen LogP) is 5.11. The number of rotatable bonds is 14. The average molecular weight is 650 g/mol. The Morgan fingerprint density at radius 2 is 1.57 bits per heavy atom. The number of carbonyl (C=O) groups excluding carboxylic acids is 2. The number of methoxy groups -OCH3 is 1. The molecule has 0 aromatic heterocycles. The molecule has 1 N–H and O–H groups in total. The molecule has 2 aliphatic heterocycles. The van der Waals surface area contributed by atoms with Crippen LogP contribution in [0.2, 0.25) is 0 Å². The minimum absolute atomic E-state index is 0.00324. The molecule has 46 heavy (non-hydrogen) atoms. The molecule has 1 saturated heterocycles. The van der Waals surface area contributed by atoms with Crippen LogP contribution in [-0.2, 0) is 19.6 Å². The third kappa shape index (κ3) is 7.47.